The lowest BCUT2D eigenvalue weighted by atomic mass is 10.0. The van der Waals surface area contributed by atoms with Crippen LogP contribution in [-0.2, 0) is 16.0 Å². The van der Waals surface area contributed by atoms with Gasteiger partial charge >= 0.3 is 5.97 Å². The molecule has 17 heavy (non-hydrogen) atoms. The quantitative estimate of drug-likeness (QED) is 0.825. The van der Waals surface area contributed by atoms with Crippen LogP contribution in [0.1, 0.15) is 30.2 Å². The molecule has 1 heterocycles. The molecule has 0 spiro atoms. The fourth-order valence-corrected chi connectivity index (χ4v) is 1.48. The van der Waals surface area contributed by atoms with Gasteiger partial charge in [0.2, 0.25) is 0 Å². The Kier molecular flexibility index (Phi) is 4.37. The highest BCUT2D eigenvalue weighted by Gasteiger charge is 2.22. The van der Waals surface area contributed by atoms with Gasteiger partial charge in [0.25, 0.3) is 6.43 Å². The Labute approximate surface area is 97.2 Å². The van der Waals surface area contributed by atoms with Crippen molar-refractivity contribution in [3.8, 4) is 5.75 Å². The molecule has 0 aliphatic rings. The third-order valence-electron chi connectivity index (χ3n) is 2.26. The van der Waals surface area contributed by atoms with E-state index >= 15 is 0 Å². The molecule has 0 saturated carbocycles. The van der Waals surface area contributed by atoms with E-state index < -0.39 is 23.7 Å². The molecule has 0 atom stereocenters. The van der Waals surface area contributed by atoms with Crippen molar-refractivity contribution >= 4 is 5.97 Å². The van der Waals surface area contributed by atoms with E-state index in [0.717, 1.165) is 6.20 Å². The number of carbonyl (C=O) groups excluding carboxylic acids is 1. The number of aryl methyl sites for hydroxylation is 1. The summed E-state index contributed by atoms with van der Waals surface area (Å²) in [6, 6.07) is 0. The van der Waals surface area contributed by atoms with Crippen LogP contribution in [0.2, 0.25) is 0 Å². The third-order valence-corrected chi connectivity index (χ3v) is 2.26. The second-order valence-electron chi connectivity index (χ2n) is 3.40. The maximum atomic E-state index is 12.8. The summed E-state index contributed by atoms with van der Waals surface area (Å²) in [4.78, 5) is 15.0. The first-order valence-corrected chi connectivity index (χ1v) is 5.08. The molecular weight excluding hydrogens is 232 g/mol. The number of halogens is 2. The van der Waals surface area contributed by atoms with Crippen molar-refractivity contribution < 1.29 is 23.4 Å². The van der Waals surface area contributed by atoms with Crippen molar-refractivity contribution in [1.82, 2.24) is 4.98 Å². The first-order valence-electron chi connectivity index (χ1n) is 5.08. The molecule has 1 N–H and O–H groups in total. The van der Waals surface area contributed by atoms with Gasteiger partial charge < -0.3 is 9.84 Å². The summed E-state index contributed by atoms with van der Waals surface area (Å²) in [6.07, 6.45) is -2.23. The third kappa shape index (κ3) is 3.12. The topological polar surface area (TPSA) is 59.4 Å². The Balaban J connectivity index is 3.12. The highest BCUT2D eigenvalue weighted by atomic mass is 19.3. The van der Waals surface area contributed by atoms with Crippen molar-refractivity contribution in [2.45, 2.75) is 26.7 Å². The molecule has 1 aromatic rings. The van der Waals surface area contributed by atoms with Crippen LogP contribution in [0.3, 0.4) is 0 Å². The van der Waals surface area contributed by atoms with Crippen LogP contribution in [0.25, 0.3) is 0 Å². The van der Waals surface area contributed by atoms with Gasteiger partial charge in [-0.3, -0.25) is 9.78 Å². The van der Waals surface area contributed by atoms with Crippen molar-refractivity contribution in [3.63, 3.8) is 0 Å². The van der Waals surface area contributed by atoms with E-state index in [0.29, 0.717) is 0 Å². The Morgan fingerprint density at radius 1 is 1.59 bits per heavy atom. The number of aromatic nitrogens is 1. The van der Waals surface area contributed by atoms with E-state index in [9.17, 15) is 18.7 Å². The highest BCUT2D eigenvalue weighted by molar-refractivity contribution is 5.73. The minimum absolute atomic E-state index is 0.0263. The summed E-state index contributed by atoms with van der Waals surface area (Å²) in [5.74, 6) is -1.23. The zero-order valence-electron chi connectivity index (χ0n) is 9.54. The number of pyridine rings is 1. The van der Waals surface area contributed by atoms with Gasteiger partial charge in [-0.05, 0) is 19.4 Å². The lowest BCUT2D eigenvalue weighted by Gasteiger charge is -2.12. The van der Waals surface area contributed by atoms with Crippen LogP contribution >= 0.6 is 0 Å². The summed E-state index contributed by atoms with van der Waals surface area (Å²) < 4.78 is 30.2. The van der Waals surface area contributed by atoms with Crippen molar-refractivity contribution in [3.05, 3.63) is 23.0 Å². The zero-order chi connectivity index (χ0) is 13.0. The van der Waals surface area contributed by atoms with Gasteiger partial charge in [-0.2, -0.15) is 0 Å². The first kappa shape index (κ1) is 13.3. The summed E-state index contributed by atoms with van der Waals surface area (Å²) >= 11 is 0. The molecule has 6 heteroatoms. The minimum Gasteiger partial charge on any atom is -0.506 e. The normalized spacial score (nSPS) is 10.6. The average Bonchev–Trinajstić information content (AvgIpc) is 2.23. The Morgan fingerprint density at radius 2 is 2.24 bits per heavy atom. The number of alkyl halides is 2. The molecule has 0 aromatic carbocycles. The van der Waals surface area contributed by atoms with Crippen molar-refractivity contribution in [2.24, 2.45) is 0 Å². The van der Waals surface area contributed by atoms with Crippen LogP contribution in [-0.4, -0.2) is 22.7 Å². The van der Waals surface area contributed by atoms with Crippen molar-refractivity contribution in [2.75, 3.05) is 6.61 Å². The molecule has 0 fully saturated rings. The van der Waals surface area contributed by atoms with Crippen LogP contribution in [0, 0.1) is 6.92 Å². The molecule has 0 aliphatic heterocycles. The molecule has 1 rings (SSSR count). The summed E-state index contributed by atoms with van der Waals surface area (Å²) in [7, 11) is 0. The number of nitrogens with zero attached hydrogens (tertiary/aromatic N) is 1. The summed E-state index contributed by atoms with van der Waals surface area (Å²) in [6.45, 7) is 3.30. The maximum absolute atomic E-state index is 12.8. The molecule has 4 nitrogen and oxygen atoms in total. The standard InChI is InChI=1S/C11H13F2NO3/c1-3-17-9(16)4-7-6(2)14-5-8(15)10(7)11(12)13/h5,11,15H,3-4H2,1-2H3. The second-order valence-corrected chi connectivity index (χ2v) is 3.40. The average molecular weight is 245 g/mol. The van der Waals surface area contributed by atoms with Gasteiger partial charge in [-0.25, -0.2) is 8.78 Å². The van der Waals surface area contributed by atoms with E-state index in [2.05, 4.69) is 9.72 Å². The molecule has 1 aromatic heterocycles. The molecular formula is C11H13F2NO3. The van der Waals surface area contributed by atoms with Crippen LogP contribution in [0.4, 0.5) is 8.78 Å². The Morgan fingerprint density at radius 3 is 2.76 bits per heavy atom. The van der Waals surface area contributed by atoms with Crippen molar-refractivity contribution in [1.29, 1.82) is 0 Å². The van der Waals surface area contributed by atoms with Crippen LogP contribution in [0.5, 0.6) is 5.75 Å². The fraction of sp³-hybridized carbons (Fsp3) is 0.455. The van der Waals surface area contributed by atoms with Gasteiger partial charge in [-0.15, -0.1) is 0 Å². The van der Waals surface area contributed by atoms with Gasteiger partial charge in [0.15, 0.2) is 0 Å². The number of rotatable bonds is 4. The molecule has 0 amide bonds. The zero-order valence-corrected chi connectivity index (χ0v) is 9.54. The van der Waals surface area contributed by atoms with Gasteiger partial charge in [0.05, 0.1) is 24.8 Å². The molecule has 0 aliphatic carbocycles. The summed E-state index contributed by atoms with van der Waals surface area (Å²) in [5.41, 5.74) is -0.241. The molecule has 0 unspecified atom stereocenters. The van der Waals surface area contributed by atoms with E-state index in [1.807, 2.05) is 0 Å². The molecule has 94 valence electrons. The lowest BCUT2D eigenvalue weighted by Crippen LogP contribution is -2.11. The van der Waals surface area contributed by atoms with E-state index in [1.165, 1.54) is 6.92 Å². The monoisotopic (exact) mass is 245 g/mol. The van der Waals surface area contributed by atoms with Gasteiger partial charge in [0, 0.05) is 5.69 Å². The van der Waals surface area contributed by atoms with E-state index in [4.69, 9.17) is 0 Å². The predicted molar refractivity (Wildman–Crippen MR) is 55.9 cm³/mol. The minimum atomic E-state index is -2.86. The van der Waals surface area contributed by atoms with Crippen LogP contribution in [0.15, 0.2) is 6.20 Å². The Bertz CT molecular complexity index is 421. The smallest absolute Gasteiger partial charge is 0.310 e. The van der Waals surface area contributed by atoms with Gasteiger partial charge in [0.1, 0.15) is 5.75 Å². The van der Waals surface area contributed by atoms with E-state index in [1.54, 1.807) is 6.92 Å². The van der Waals surface area contributed by atoms with Crippen LogP contribution < -0.4 is 0 Å². The number of hydrogen-bond acceptors (Lipinski definition) is 4. The fourth-order valence-electron chi connectivity index (χ4n) is 1.48. The summed E-state index contributed by atoms with van der Waals surface area (Å²) in [5, 5.41) is 9.33. The maximum Gasteiger partial charge on any atom is 0.310 e. The number of hydrogen-bond donors (Lipinski definition) is 1. The number of aromatic hydroxyl groups is 1. The number of carbonyl (C=O) groups is 1. The molecule has 0 bridgehead atoms. The first-order chi connectivity index (χ1) is 7.97. The van der Waals surface area contributed by atoms with Gasteiger partial charge in [-0.1, -0.05) is 0 Å². The SMILES string of the molecule is CCOC(=O)Cc1c(C)ncc(O)c1C(F)F. The number of esters is 1. The Hall–Kier alpha value is -1.72. The highest BCUT2D eigenvalue weighted by Crippen LogP contribution is 2.32. The molecule has 0 saturated heterocycles. The molecule has 0 radical (unpaired) electrons. The lowest BCUT2D eigenvalue weighted by molar-refractivity contribution is -0.142. The largest absolute Gasteiger partial charge is 0.506 e. The second kappa shape index (κ2) is 5.56. The number of ether oxygens (including phenoxy) is 1. The predicted octanol–water partition coefficient (Wildman–Crippen LogP) is 2.14. The van der Waals surface area contributed by atoms with E-state index in [-0.39, 0.29) is 24.3 Å².